The first-order valence-electron chi connectivity index (χ1n) is 6.75. The number of hydrogen-bond acceptors (Lipinski definition) is 3. The molecule has 3 nitrogen and oxygen atoms in total. The molecule has 104 valence electrons. The van der Waals surface area contributed by atoms with Crippen LogP contribution in [0.2, 0.25) is 0 Å². The van der Waals surface area contributed by atoms with Gasteiger partial charge in [0.25, 0.3) is 0 Å². The SMILES string of the molecule is CN(CC1CCCO1)C(=O)C(S)Cc1ccccc1. The summed E-state index contributed by atoms with van der Waals surface area (Å²) in [7, 11) is 1.83. The maximum atomic E-state index is 12.2. The molecule has 0 radical (unpaired) electrons. The summed E-state index contributed by atoms with van der Waals surface area (Å²) in [5, 5.41) is -0.284. The average molecular weight is 279 g/mol. The lowest BCUT2D eigenvalue weighted by molar-refractivity contribution is -0.130. The number of likely N-dealkylation sites (N-methyl/N-ethyl adjacent to an activating group) is 1. The number of hydrogen-bond donors (Lipinski definition) is 1. The van der Waals surface area contributed by atoms with E-state index in [9.17, 15) is 4.79 Å². The third-order valence-corrected chi connectivity index (χ3v) is 3.84. The Kier molecular flexibility index (Phi) is 5.28. The zero-order chi connectivity index (χ0) is 13.7. The topological polar surface area (TPSA) is 29.5 Å². The highest BCUT2D eigenvalue weighted by Gasteiger charge is 2.23. The Labute approximate surface area is 120 Å². The summed E-state index contributed by atoms with van der Waals surface area (Å²) in [4.78, 5) is 14.0. The Morgan fingerprint density at radius 3 is 2.84 bits per heavy atom. The van der Waals surface area contributed by atoms with Crippen LogP contribution in [-0.2, 0) is 16.0 Å². The fourth-order valence-electron chi connectivity index (χ4n) is 2.36. The van der Waals surface area contributed by atoms with Crippen molar-refractivity contribution in [1.29, 1.82) is 0 Å². The molecule has 19 heavy (non-hydrogen) atoms. The van der Waals surface area contributed by atoms with Crippen LogP contribution in [0.3, 0.4) is 0 Å². The van der Waals surface area contributed by atoms with Crippen molar-refractivity contribution in [3.63, 3.8) is 0 Å². The molecule has 1 aliphatic heterocycles. The quantitative estimate of drug-likeness (QED) is 0.837. The lowest BCUT2D eigenvalue weighted by Gasteiger charge is -2.23. The van der Waals surface area contributed by atoms with Gasteiger partial charge in [-0.05, 0) is 24.8 Å². The van der Waals surface area contributed by atoms with Gasteiger partial charge in [0.2, 0.25) is 5.91 Å². The Morgan fingerprint density at radius 2 is 2.21 bits per heavy atom. The molecule has 1 amide bonds. The molecule has 0 N–H and O–H groups in total. The van der Waals surface area contributed by atoms with Crippen molar-refractivity contribution < 1.29 is 9.53 Å². The molecule has 0 aliphatic carbocycles. The van der Waals surface area contributed by atoms with Crippen LogP contribution in [0.4, 0.5) is 0 Å². The second-order valence-electron chi connectivity index (χ2n) is 5.06. The number of amides is 1. The Hall–Kier alpha value is -1.00. The van der Waals surface area contributed by atoms with Crippen LogP contribution >= 0.6 is 12.6 Å². The molecular weight excluding hydrogens is 258 g/mol. The minimum absolute atomic E-state index is 0.0719. The molecule has 1 heterocycles. The highest BCUT2D eigenvalue weighted by Crippen LogP contribution is 2.15. The maximum absolute atomic E-state index is 12.2. The predicted octanol–water partition coefficient (Wildman–Crippen LogP) is 2.16. The molecule has 1 saturated heterocycles. The first-order chi connectivity index (χ1) is 9.16. The number of carbonyl (C=O) groups excluding carboxylic acids is 1. The normalized spacial score (nSPS) is 20.2. The van der Waals surface area contributed by atoms with E-state index in [0.717, 1.165) is 25.0 Å². The lowest BCUT2D eigenvalue weighted by atomic mass is 10.1. The summed E-state index contributed by atoms with van der Waals surface area (Å²) < 4.78 is 5.55. The first kappa shape index (κ1) is 14.4. The molecular formula is C15H21NO2S. The number of benzene rings is 1. The van der Waals surface area contributed by atoms with Gasteiger partial charge >= 0.3 is 0 Å². The van der Waals surface area contributed by atoms with Crippen LogP contribution in [-0.4, -0.2) is 42.4 Å². The molecule has 0 aromatic heterocycles. The van der Waals surface area contributed by atoms with E-state index < -0.39 is 0 Å². The number of thiol groups is 1. The standard InChI is InChI=1S/C15H21NO2S/c1-16(11-13-8-5-9-18-13)15(17)14(19)10-12-6-3-2-4-7-12/h2-4,6-7,13-14,19H,5,8-11H2,1H3. The second-order valence-corrected chi connectivity index (χ2v) is 5.68. The minimum Gasteiger partial charge on any atom is -0.376 e. The summed E-state index contributed by atoms with van der Waals surface area (Å²) >= 11 is 4.44. The number of ether oxygens (including phenoxy) is 1. The minimum atomic E-state index is -0.284. The highest BCUT2D eigenvalue weighted by molar-refractivity contribution is 7.81. The molecule has 1 aromatic rings. The van der Waals surface area contributed by atoms with Crippen LogP contribution in [0, 0.1) is 0 Å². The third-order valence-electron chi connectivity index (χ3n) is 3.43. The number of rotatable bonds is 5. The second kappa shape index (κ2) is 6.96. The van der Waals surface area contributed by atoms with E-state index in [2.05, 4.69) is 12.6 Å². The largest absolute Gasteiger partial charge is 0.376 e. The van der Waals surface area contributed by atoms with E-state index in [1.165, 1.54) is 0 Å². The Balaban J connectivity index is 1.84. The van der Waals surface area contributed by atoms with Gasteiger partial charge in [-0.2, -0.15) is 12.6 Å². The maximum Gasteiger partial charge on any atom is 0.235 e. The van der Waals surface area contributed by atoms with Crippen molar-refractivity contribution >= 4 is 18.5 Å². The number of carbonyl (C=O) groups is 1. The van der Waals surface area contributed by atoms with E-state index in [1.807, 2.05) is 37.4 Å². The van der Waals surface area contributed by atoms with Gasteiger partial charge in [0.15, 0.2) is 0 Å². The van der Waals surface area contributed by atoms with Crippen molar-refractivity contribution in [3.8, 4) is 0 Å². The average Bonchev–Trinajstić information content (AvgIpc) is 2.91. The predicted molar refractivity (Wildman–Crippen MR) is 79.5 cm³/mol. The van der Waals surface area contributed by atoms with Crippen LogP contribution in [0.5, 0.6) is 0 Å². The summed E-state index contributed by atoms with van der Waals surface area (Å²) in [5.41, 5.74) is 1.14. The smallest absolute Gasteiger partial charge is 0.235 e. The highest BCUT2D eigenvalue weighted by atomic mass is 32.1. The summed E-state index contributed by atoms with van der Waals surface area (Å²) in [5.74, 6) is 0.0719. The van der Waals surface area contributed by atoms with Crippen molar-refractivity contribution in [2.75, 3.05) is 20.2 Å². The fourth-order valence-corrected chi connectivity index (χ4v) is 2.77. The van der Waals surface area contributed by atoms with Gasteiger partial charge < -0.3 is 9.64 Å². The molecule has 2 unspecified atom stereocenters. The molecule has 0 saturated carbocycles. The van der Waals surface area contributed by atoms with E-state index >= 15 is 0 Å². The van der Waals surface area contributed by atoms with E-state index in [1.54, 1.807) is 4.90 Å². The lowest BCUT2D eigenvalue weighted by Crippen LogP contribution is -2.39. The van der Waals surface area contributed by atoms with E-state index in [-0.39, 0.29) is 17.3 Å². The summed E-state index contributed by atoms with van der Waals surface area (Å²) in [6.45, 7) is 1.49. The molecule has 2 atom stereocenters. The third kappa shape index (κ3) is 4.25. The summed E-state index contributed by atoms with van der Waals surface area (Å²) in [6.07, 6.45) is 3.01. The summed E-state index contributed by atoms with van der Waals surface area (Å²) in [6, 6.07) is 9.99. The monoisotopic (exact) mass is 279 g/mol. The van der Waals surface area contributed by atoms with Gasteiger partial charge in [-0.3, -0.25) is 4.79 Å². The zero-order valence-corrected chi connectivity index (χ0v) is 12.2. The van der Waals surface area contributed by atoms with Gasteiger partial charge in [-0.1, -0.05) is 30.3 Å². The molecule has 2 rings (SSSR count). The zero-order valence-electron chi connectivity index (χ0n) is 11.3. The Morgan fingerprint density at radius 1 is 1.47 bits per heavy atom. The molecule has 4 heteroatoms. The van der Waals surface area contributed by atoms with Gasteiger partial charge in [0, 0.05) is 20.2 Å². The van der Waals surface area contributed by atoms with Crippen molar-refractivity contribution in [2.24, 2.45) is 0 Å². The van der Waals surface area contributed by atoms with E-state index in [4.69, 9.17) is 4.74 Å². The molecule has 1 aromatic carbocycles. The van der Waals surface area contributed by atoms with Crippen molar-refractivity contribution in [2.45, 2.75) is 30.6 Å². The van der Waals surface area contributed by atoms with Crippen LogP contribution in [0.1, 0.15) is 18.4 Å². The van der Waals surface area contributed by atoms with Gasteiger partial charge in [0.05, 0.1) is 11.4 Å². The van der Waals surface area contributed by atoms with Crippen LogP contribution < -0.4 is 0 Å². The molecule has 0 bridgehead atoms. The van der Waals surface area contributed by atoms with Crippen LogP contribution in [0.25, 0.3) is 0 Å². The van der Waals surface area contributed by atoms with Crippen LogP contribution in [0.15, 0.2) is 30.3 Å². The first-order valence-corrected chi connectivity index (χ1v) is 7.27. The van der Waals surface area contributed by atoms with Crippen molar-refractivity contribution in [3.05, 3.63) is 35.9 Å². The van der Waals surface area contributed by atoms with Gasteiger partial charge in [-0.15, -0.1) is 0 Å². The molecule has 1 aliphatic rings. The fraction of sp³-hybridized carbons (Fsp3) is 0.533. The van der Waals surface area contributed by atoms with Gasteiger partial charge in [0.1, 0.15) is 0 Å². The van der Waals surface area contributed by atoms with Crippen molar-refractivity contribution in [1.82, 2.24) is 4.90 Å². The van der Waals surface area contributed by atoms with E-state index in [0.29, 0.717) is 13.0 Å². The van der Waals surface area contributed by atoms with Gasteiger partial charge in [-0.25, -0.2) is 0 Å². The number of nitrogens with zero attached hydrogens (tertiary/aromatic N) is 1. The molecule has 0 spiro atoms. The molecule has 1 fully saturated rings. The Bertz CT molecular complexity index is 404.